The molecule has 0 heterocycles. The first-order chi connectivity index (χ1) is 12.2. The Balaban J connectivity index is 2.53. The lowest BCUT2D eigenvalue weighted by molar-refractivity contribution is -0.385. The van der Waals surface area contributed by atoms with E-state index in [2.05, 4.69) is 5.32 Å². The topological polar surface area (TPSA) is 137 Å². The van der Waals surface area contributed by atoms with Crippen LogP contribution in [0.25, 0.3) is 0 Å². The van der Waals surface area contributed by atoms with Crippen LogP contribution in [0.2, 0.25) is 0 Å². The van der Waals surface area contributed by atoms with Gasteiger partial charge in [-0.3, -0.25) is 20.2 Å². The van der Waals surface area contributed by atoms with Crippen molar-refractivity contribution < 1.29 is 28.8 Å². The Morgan fingerprint density at radius 3 is 2.54 bits per heavy atom. The number of esters is 1. The van der Waals surface area contributed by atoms with Gasteiger partial charge in [-0.15, -0.1) is 0 Å². The van der Waals surface area contributed by atoms with Gasteiger partial charge in [-0.05, 0) is 24.5 Å². The fraction of sp³-hybridized carbons (Fsp3) is 0.438. The maximum Gasteiger partial charge on any atom is 0.338 e. The molecule has 0 aliphatic rings. The molecule has 10 nitrogen and oxygen atoms in total. The Kier molecular flexibility index (Phi) is 8.00. The molecule has 0 bridgehead atoms. The van der Waals surface area contributed by atoms with E-state index in [0.29, 0.717) is 12.5 Å². The van der Waals surface area contributed by atoms with Gasteiger partial charge in [-0.25, -0.2) is 9.59 Å². The van der Waals surface area contributed by atoms with Crippen LogP contribution in [0.1, 0.15) is 30.6 Å². The van der Waals surface area contributed by atoms with E-state index in [1.54, 1.807) is 0 Å². The number of benzene rings is 1. The molecule has 0 fully saturated rings. The molecule has 0 aliphatic carbocycles. The predicted octanol–water partition coefficient (Wildman–Crippen LogP) is 1.63. The summed E-state index contributed by atoms with van der Waals surface area (Å²) in [7, 11) is 1.26. The maximum absolute atomic E-state index is 11.9. The van der Waals surface area contributed by atoms with Crippen molar-refractivity contribution in [3.63, 3.8) is 0 Å². The molecular formula is C16H21N3O7. The SMILES string of the molecule is COc1ccc(C(=O)OCC(=O)NC(=O)NCCC(C)C)cc1[N+](=O)[O-]. The van der Waals surface area contributed by atoms with Gasteiger partial charge in [0.05, 0.1) is 17.6 Å². The Morgan fingerprint density at radius 1 is 1.27 bits per heavy atom. The van der Waals surface area contributed by atoms with Crippen LogP contribution < -0.4 is 15.4 Å². The molecule has 26 heavy (non-hydrogen) atoms. The van der Waals surface area contributed by atoms with Crippen molar-refractivity contribution in [3.05, 3.63) is 33.9 Å². The molecule has 0 saturated carbocycles. The second-order valence-corrected chi connectivity index (χ2v) is 5.71. The number of urea groups is 1. The van der Waals surface area contributed by atoms with Crippen LogP contribution >= 0.6 is 0 Å². The Hall–Kier alpha value is -3.17. The van der Waals surface area contributed by atoms with Crippen molar-refractivity contribution in [2.75, 3.05) is 20.3 Å². The number of carbonyl (C=O) groups is 3. The zero-order valence-corrected chi connectivity index (χ0v) is 14.7. The van der Waals surface area contributed by atoms with Crippen molar-refractivity contribution in [3.8, 4) is 5.75 Å². The van der Waals surface area contributed by atoms with Gasteiger partial charge in [0.1, 0.15) is 0 Å². The van der Waals surface area contributed by atoms with Crippen molar-refractivity contribution in [1.29, 1.82) is 0 Å². The Labute approximate surface area is 150 Å². The standard InChI is InChI=1S/C16H21N3O7/c1-10(2)6-7-17-16(22)18-14(20)9-26-15(21)11-4-5-13(25-3)12(8-11)19(23)24/h4-5,8,10H,6-7,9H2,1-3H3,(H2,17,18,20,22). The molecule has 0 aliphatic heterocycles. The molecule has 0 saturated heterocycles. The molecule has 0 aromatic heterocycles. The highest BCUT2D eigenvalue weighted by Crippen LogP contribution is 2.27. The van der Waals surface area contributed by atoms with Crippen molar-refractivity contribution in [1.82, 2.24) is 10.6 Å². The molecule has 1 rings (SSSR count). The van der Waals surface area contributed by atoms with Gasteiger partial charge in [0.15, 0.2) is 12.4 Å². The fourth-order valence-electron chi connectivity index (χ4n) is 1.86. The summed E-state index contributed by atoms with van der Waals surface area (Å²) in [6.45, 7) is 3.70. The minimum absolute atomic E-state index is 0.0117. The number of methoxy groups -OCH3 is 1. The molecule has 3 amide bonds. The zero-order chi connectivity index (χ0) is 19.7. The van der Waals surface area contributed by atoms with Crippen molar-refractivity contribution in [2.24, 2.45) is 5.92 Å². The second-order valence-electron chi connectivity index (χ2n) is 5.71. The lowest BCUT2D eigenvalue weighted by Crippen LogP contribution is -2.41. The number of nitrogens with zero attached hydrogens (tertiary/aromatic N) is 1. The second kappa shape index (κ2) is 9.97. The lowest BCUT2D eigenvalue weighted by Gasteiger charge is -2.09. The summed E-state index contributed by atoms with van der Waals surface area (Å²) in [5, 5.41) is 15.4. The summed E-state index contributed by atoms with van der Waals surface area (Å²) in [4.78, 5) is 45.2. The number of nitro groups is 1. The number of nitro benzene ring substituents is 1. The molecule has 1 aromatic carbocycles. The van der Waals surface area contributed by atoms with Crippen LogP contribution in [0.15, 0.2) is 18.2 Å². The third-order valence-corrected chi connectivity index (χ3v) is 3.21. The molecular weight excluding hydrogens is 346 g/mol. The fourth-order valence-corrected chi connectivity index (χ4v) is 1.86. The number of imide groups is 1. The van der Waals surface area contributed by atoms with Crippen molar-refractivity contribution in [2.45, 2.75) is 20.3 Å². The minimum atomic E-state index is -0.939. The average Bonchev–Trinajstić information content (AvgIpc) is 2.58. The number of amides is 3. The number of nitrogens with one attached hydrogen (secondary N) is 2. The molecule has 2 N–H and O–H groups in total. The highest BCUT2D eigenvalue weighted by molar-refractivity contribution is 5.97. The first kappa shape index (κ1) is 20.9. The summed E-state index contributed by atoms with van der Waals surface area (Å²) >= 11 is 0. The number of hydrogen-bond donors (Lipinski definition) is 2. The van der Waals surface area contributed by atoms with Crippen LogP contribution in [0.5, 0.6) is 5.75 Å². The number of carbonyl (C=O) groups excluding carboxylic acids is 3. The molecule has 0 spiro atoms. The third kappa shape index (κ3) is 6.75. The Bertz CT molecular complexity index is 688. The van der Waals surface area contributed by atoms with Gasteiger partial charge in [-0.2, -0.15) is 0 Å². The average molecular weight is 367 g/mol. The Morgan fingerprint density at radius 2 is 1.96 bits per heavy atom. The highest BCUT2D eigenvalue weighted by atomic mass is 16.6. The largest absolute Gasteiger partial charge is 0.490 e. The van der Waals surface area contributed by atoms with E-state index >= 15 is 0 Å². The van der Waals surface area contributed by atoms with E-state index in [0.717, 1.165) is 12.5 Å². The quantitative estimate of drug-likeness (QED) is 0.405. The van der Waals surface area contributed by atoms with Gasteiger partial charge < -0.3 is 14.8 Å². The molecule has 1 aromatic rings. The minimum Gasteiger partial charge on any atom is -0.490 e. The van der Waals surface area contributed by atoms with Crippen LogP contribution in [-0.4, -0.2) is 43.1 Å². The monoisotopic (exact) mass is 367 g/mol. The van der Waals surface area contributed by atoms with Crippen LogP contribution in [0.3, 0.4) is 0 Å². The zero-order valence-electron chi connectivity index (χ0n) is 14.7. The van der Waals surface area contributed by atoms with Crippen LogP contribution in [-0.2, 0) is 9.53 Å². The number of ether oxygens (including phenoxy) is 2. The van der Waals surface area contributed by atoms with E-state index < -0.39 is 35.1 Å². The summed E-state index contributed by atoms with van der Waals surface area (Å²) in [5.74, 6) is -1.36. The van der Waals surface area contributed by atoms with E-state index in [1.165, 1.54) is 19.2 Å². The molecule has 0 radical (unpaired) electrons. The van der Waals surface area contributed by atoms with Gasteiger partial charge in [0, 0.05) is 12.6 Å². The van der Waals surface area contributed by atoms with Crippen LogP contribution in [0.4, 0.5) is 10.5 Å². The smallest absolute Gasteiger partial charge is 0.338 e. The van der Waals surface area contributed by atoms with E-state index in [-0.39, 0.29) is 11.3 Å². The number of hydrogen-bond acceptors (Lipinski definition) is 7. The van der Waals surface area contributed by atoms with Crippen molar-refractivity contribution >= 4 is 23.6 Å². The predicted molar refractivity (Wildman–Crippen MR) is 90.9 cm³/mol. The van der Waals surface area contributed by atoms with E-state index in [1.807, 2.05) is 19.2 Å². The highest BCUT2D eigenvalue weighted by Gasteiger charge is 2.19. The van der Waals surface area contributed by atoms with Gasteiger partial charge >= 0.3 is 17.7 Å². The molecule has 0 unspecified atom stereocenters. The molecule has 142 valence electrons. The summed E-state index contributed by atoms with van der Waals surface area (Å²) in [5.41, 5.74) is -0.525. The summed E-state index contributed by atoms with van der Waals surface area (Å²) in [6, 6.07) is 2.81. The van der Waals surface area contributed by atoms with Gasteiger partial charge in [-0.1, -0.05) is 13.8 Å². The van der Waals surface area contributed by atoms with E-state index in [9.17, 15) is 24.5 Å². The molecule has 10 heteroatoms. The third-order valence-electron chi connectivity index (χ3n) is 3.21. The normalized spacial score (nSPS) is 10.2. The summed E-state index contributed by atoms with van der Waals surface area (Å²) in [6.07, 6.45) is 0.757. The first-order valence-corrected chi connectivity index (χ1v) is 7.81. The van der Waals surface area contributed by atoms with Gasteiger partial charge in [0.2, 0.25) is 0 Å². The molecule has 0 atom stereocenters. The number of rotatable bonds is 8. The van der Waals surface area contributed by atoms with Gasteiger partial charge in [0.25, 0.3) is 5.91 Å². The first-order valence-electron chi connectivity index (χ1n) is 7.81. The summed E-state index contributed by atoms with van der Waals surface area (Å²) < 4.78 is 9.58. The van der Waals surface area contributed by atoms with Crippen LogP contribution in [0, 0.1) is 16.0 Å². The lowest BCUT2D eigenvalue weighted by atomic mass is 10.1. The van der Waals surface area contributed by atoms with E-state index in [4.69, 9.17) is 9.47 Å². The maximum atomic E-state index is 11.9.